The Balaban J connectivity index is 2.59. The first-order valence-electron chi connectivity index (χ1n) is 4.97. The van der Waals surface area contributed by atoms with Crippen LogP contribution in [-0.2, 0) is 6.42 Å². The van der Waals surface area contributed by atoms with E-state index < -0.39 is 0 Å². The van der Waals surface area contributed by atoms with E-state index in [1.54, 1.807) is 0 Å². The van der Waals surface area contributed by atoms with Gasteiger partial charge in [-0.3, -0.25) is 0 Å². The Bertz CT molecular complexity index is 236. The highest BCUT2D eigenvalue weighted by Crippen LogP contribution is 2.21. The third kappa shape index (κ3) is 3.51. The molecule has 1 aromatic rings. The molecule has 1 unspecified atom stereocenters. The van der Waals surface area contributed by atoms with Crippen molar-refractivity contribution in [2.24, 2.45) is 0 Å². The number of unbranched alkanes of at least 4 members (excludes halogenated alkanes) is 1. The van der Waals surface area contributed by atoms with Gasteiger partial charge in [-0.1, -0.05) is 53.5 Å². The van der Waals surface area contributed by atoms with E-state index in [1.807, 2.05) is 0 Å². The first kappa shape index (κ1) is 10.8. The Morgan fingerprint density at radius 2 is 1.85 bits per heavy atom. The lowest BCUT2D eigenvalue weighted by Gasteiger charge is -2.05. The first-order chi connectivity index (χ1) is 6.24. The van der Waals surface area contributed by atoms with Gasteiger partial charge >= 0.3 is 0 Å². The molecule has 0 amide bonds. The van der Waals surface area contributed by atoms with Crippen molar-refractivity contribution in [1.82, 2.24) is 0 Å². The van der Waals surface area contributed by atoms with Crippen LogP contribution < -0.4 is 0 Å². The molecule has 0 heterocycles. The maximum Gasteiger partial charge on any atom is 0.0367 e. The van der Waals surface area contributed by atoms with Crippen LogP contribution in [0.25, 0.3) is 0 Å². The molecule has 0 fully saturated rings. The number of benzene rings is 1. The van der Waals surface area contributed by atoms with Crippen molar-refractivity contribution in [3.8, 4) is 0 Å². The zero-order chi connectivity index (χ0) is 9.68. The van der Waals surface area contributed by atoms with Crippen LogP contribution in [0.4, 0.5) is 0 Å². The maximum absolute atomic E-state index is 3.56. The molecular formula is C12H17Br. The molecule has 1 heteroatoms. The SMILES string of the molecule is CCCCc1ccc(C(C)Br)cc1. The second kappa shape index (κ2) is 5.43. The van der Waals surface area contributed by atoms with Crippen molar-refractivity contribution in [1.29, 1.82) is 0 Å². The van der Waals surface area contributed by atoms with Crippen LogP contribution >= 0.6 is 15.9 Å². The number of hydrogen-bond donors (Lipinski definition) is 0. The minimum Gasteiger partial charge on any atom is -0.0842 e. The van der Waals surface area contributed by atoms with Crippen molar-refractivity contribution < 1.29 is 0 Å². The van der Waals surface area contributed by atoms with Gasteiger partial charge in [0.05, 0.1) is 0 Å². The van der Waals surface area contributed by atoms with Gasteiger partial charge < -0.3 is 0 Å². The molecule has 0 nitrogen and oxygen atoms in total. The van der Waals surface area contributed by atoms with Crippen LogP contribution in [0.15, 0.2) is 24.3 Å². The fourth-order valence-electron chi connectivity index (χ4n) is 1.33. The predicted octanol–water partition coefficient (Wildman–Crippen LogP) is 4.49. The molecule has 1 atom stereocenters. The fourth-order valence-corrected chi connectivity index (χ4v) is 1.64. The molecule has 72 valence electrons. The standard InChI is InChI=1S/C12H17Br/c1-3-4-5-11-6-8-12(9-7-11)10(2)13/h6-10H,3-5H2,1-2H3. The summed E-state index contributed by atoms with van der Waals surface area (Å²) in [4.78, 5) is 0.465. The van der Waals surface area contributed by atoms with Crippen molar-refractivity contribution in [2.75, 3.05) is 0 Å². The number of rotatable bonds is 4. The number of halogens is 1. The zero-order valence-electron chi connectivity index (χ0n) is 8.39. The summed E-state index contributed by atoms with van der Waals surface area (Å²) in [5.74, 6) is 0. The quantitative estimate of drug-likeness (QED) is 0.681. The Kier molecular flexibility index (Phi) is 4.51. The molecule has 0 spiro atoms. The fraction of sp³-hybridized carbons (Fsp3) is 0.500. The Morgan fingerprint density at radius 1 is 1.23 bits per heavy atom. The molecule has 0 bridgehead atoms. The van der Waals surface area contributed by atoms with Gasteiger partial charge in [0.2, 0.25) is 0 Å². The number of aryl methyl sites for hydroxylation is 1. The minimum atomic E-state index is 0.465. The lowest BCUT2D eigenvalue weighted by atomic mass is 10.1. The molecule has 0 aliphatic heterocycles. The summed E-state index contributed by atoms with van der Waals surface area (Å²) in [5, 5.41) is 0. The molecule has 13 heavy (non-hydrogen) atoms. The Hall–Kier alpha value is -0.300. The van der Waals surface area contributed by atoms with Gasteiger partial charge in [0.15, 0.2) is 0 Å². The van der Waals surface area contributed by atoms with E-state index in [0.717, 1.165) is 0 Å². The molecule has 0 aliphatic carbocycles. The normalized spacial score (nSPS) is 12.8. The number of alkyl halides is 1. The summed E-state index contributed by atoms with van der Waals surface area (Å²) in [5.41, 5.74) is 2.82. The van der Waals surface area contributed by atoms with Gasteiger partial charge in [-0.2, -0.15) is 0 Å². The smallest absolute Gasteiger partial charge is 0.0367 e. The molecule has 1 aromatic carbocycles. The molecule has 0 radical (unpaired) electrons. The second-order valence-corrected chi connectivity index (χ2v) is 4.83. The van der Waals surface area contributed by atoms with Crippen molar-refractivity contribution in [2.45, 2.75) is 37.9 Å². The highest BCUT2D eigenvalue weighted by Gasteiger charge is 1.99. The predicted molar refractivity (Wildman–Crippen MR) is 62.4 cm³/mol. The molecule has 0 saturated carbocycles. The first-order valence-corrected chi connectivity index (χ1v) is 5.88. The van der Waals surface area contributed by atoms with Gasteiger partial charge in [0.1, 0.15) is 0 Å². The lowest BCUT2D eigenvalue weighted by Crippen LogP contribution is -1.87. The summed E-state index contributed by atoms with van der Waals surface area (Å²) in [6, 6.07) is 8.90. The largest absolute Gasteiger partial charge is 0.0842 e. The molecule has 0 N–H and O–H groups in total. The van der Waals surface area contributed by atoms with E-state index >= 15 is 0 Å². The third-order valence-corrected chi connectivity index (χ3v) is 2.79. The van der Waals surface area contributed by atoms with Gasteiger partial charge in [-0.05, 0) is 30.9 Å². The summed E-state index contributed by atoms with van der Waals surface area (Å²) in [6.45, 7) is 4.38. The van der Waals surface area contributed by atoms with E-state index in [-0.39, 0.29) is 0 Å². The van der Waals surface area contributed by atoms with Crippen LogP contribution in [0.3, 0.4) is 0 Å². The summed E-state index contributed by atoms with van der Waals surface area (Å²) < 4.78 is 0. The minimum absolute atomic E-state index is 0.465. The Labute approximate surface area is 89.5 Å². The summed E-state index contributed by atoms with van der Waals surface area (Å²) in [6.07, 6.45) is 3.78. The monoisotopic (exact) mass is 240 g/mol. The highest BCUT2D eigenvalue weighted by molar-refractivity contribution is 9.09. The topological polar surface area (TPSA) is 0 Å². The van der Waals surface area contributed by atoms with Gasteiger partial charge in [0.25, 0.3) is 0 Å². The van der Waals surface area contributed by atoms with E-state index in [9.17, 15) is 0 Å². The lowest BCUT2D eigenvalue weighted by molar-refractivity contribution is 0.794. The van der Waals surface area contributed by atoms with Crippen LogP contribution in [0.2, 0.25) is 0 Å². The zero-order valence-corrected chi connectivity index (χ0v) is 9.97. The van der Waals surface area contributed by atoms with Crippen LogP contribution in [0, 0.1) is 0 Å². The van der Waals surface area contributed by atoms with E-state index in [1.165, 1.54) is 30.4 Å². The van der Waals surface area contributed by atoms with Crippen molar-refractivity contribution >= 4 is 15.9 Å². The molecular weight excluding hydrogens is 224 g/mol. The van der Waals surface area contributed by atoms with Gasteiger partial charge in [-0.25, -0.2) is 0 Å². The maximum atomic E-state index is 3.56. The van der Waals surface area contributed by atoms with Crippen molar-refractivity contribution in [3.63, 3.8) is 0 Å². The van der Waals surface area contributed by atoms with E-state index in [2.05, 4.69) is 54.0 Å². The third-order valence-electron chi connectivity index (χ3n) is 2.26. The molecule has 0 aromatic heterocycles. The number of hydrogen-bond acceptors (Lipinski definition) is 0. The average Bonchev–Trinajstić information content (AvgIpc) is 2.15. The van der Waals surface area contributed by atoms with Crippen molar-refractivity contribution in [3.05, 3.63) is 35.4 Å². The van der Waals surface area contributed by atoms with Crippen LogP contribution in [0.5, 0.6) is 0 Å². The average molecular weight is 241 g/mol. The van der Waals surface area contributed by atoms with Crippen LogP contribution in [-0.4, -0.2) is 0 Å². The summed E-state index contributed by atoms with van der Waals surface area (Å²) in [7, 11) is 0. The van der Waals surface area contributed by atoms with E-state index in [4.69, 9.17) is 0 Å². The van der Waals surface area contributed by atoms with E-state index in [0.29, 0.717) is 4.83 Å². The molecule has 1 rings (SSSR count). The van der Waals surface area contributed by atoms with Gasteiger partial charge in [-0.15, -0.1) is 0 Å². The highest BCUT2D eigenvalue weighted by atomic mass is 79.9. The molecule has 0 aliphatic rings. The molecule has 0 saturated heterocycles. The summed E-state index contributed by atoms with van der Waals surface area (Å²) >= 11 is 3.56. The van der Waals surface area contributed by atoms with Crippen LogP contribution in [0.1, 0.15) is 42.6 Å². The second-order valence-electron chi connectivity index (χ2n) is 3.46. The van der Waals surface area contributed by atoms with Gasteiger partial charge in [0, 0.05) is 4.83 Å². The Morgan fingerprint density at radius 3 is 2.31 bits per heavy atom.